The number of nitrogens with zero attached hydrogens (tertiary/aromatic N) is 1. The Morgan fingerprint density at radius 3 is 2.65 bits per heavy atom. The number of nitrogen functional groups attached to an aromatic ring is 1. The maximum Gasteiger partial charge on any atom is 0.233 e. The molecule has 0 aliphatic rings. The molecule has 0 saturated carbocycles. The van der Waals surface area contributed by atoms with E-state index in [0.29, 0.717) is 11.6 Å². The van der Waals surface area contributed by atoms with E-state index >= 15 is 0 Å². The zero-order chi connectivity index (χ0) is 12.4. The van der Waals surface area contributed by atoms with Crippen LogP contribution in [0, 0.1) is 6.92 Å². The molecule has 0 radical (unpaired) electrons. The number of aromatic nitrogens is 1. The van der Waals surface area contributed by atoms with Crippen LogP contribution in [-0.2, 0) is 0 Å². The summed E-state index contributed by atoms with van der Waals surface area (Å²) in [5.74, 6) is 1.24. The summed E-state index contributed by atoms with van der Waals surface area (Å²) >= 11 is 6.73. The van der Waals surface area contributed by atoms with Crippen molar-refractivity contribution in [1.82, 2.24) is 4.98 Å². The second kappa shape index (κ2) is 5.06. The Morgan fingerprint density at radius 1 is 1.24 bits per heavy atom. The van der Waals surface area contributed by atoms with Crippen LogP contribution in [0.2, 0.25) is 0 Å². The minimum absolute atomic E-state index is 0.525. The van der Waals surface area contributed by atoms with E-state index in [1.54, 1.807) is 6.20 Å². The molecule has 0 saturated heterocycles. The Kier molecular flexibility index (Phi) is 3.69. The molecule has 0 amide bonds. The zero-order valence-electron chi connectivity index (χ0n) is 9.08. The monoisotopic (exact) mass is 356 g/mol. The molecule has 17 heavy (non-hydrogen) atoms. The Labute approximate surface area is 116 Å². The van der Waals surface area contributed by atoms with E-state index in [0.717, 1.165) is 20.2 Å². The molecule has 2 N–H and O–H groups in total. The highest BCUT2D eigenvalue weighted by molar-refractivity contribution is 9.11. The van der Waals surface area contributed by atoms with Crippen LogP contribution in [0.3, 0.4) is 0 Å². The fraction of sp³-hybridized carbons (Fsp3) is 0.0833. The summed E-state index contributed by atoms with van der Waals surface area (Å²) in [5, 5.41) is 0. The molecule has 5 heteroatoms. The maximum atomic E-state index is 5.75. The van der Waals surface area contributed by atoms with Gasteiger partial charge in [0.15, 0.2) is 0 Å². The summed E-state index contributed by atoms with van der Waals surface area (Å²) in [6.07, 6.45) is 1.68. The van der Waals surface area contributed by atoms with E-state index < -0.39 is 0 Å². The molecule has 0 atom stereocenters. The lowest BCUT2D eigenvalue weighted by atomic mass is 10.2. The summed E-state index contributed by atoms with van der Waals surface area (Å²) < 4.78 is 7.35. The Balaban J connectivity index is 2.28. The van der Waals surface area contributed by atoms with Crippen molar-refractivity contribution in [2.24, 2.45) is 0 Å². The predicted octanol–water partition coefficient (Wildman–Crippen LogP) is 4.29. The van der Waals surface area contributed by atoms with E-state index in [-0.39, 0.29) is 0 Å². The molecule has 2 aromatic rings. The summed E-state index contributed by atoms with van der Waals surface area (Å²) in [6, 6.07) is 7.40. The first-order valence-corrected chi connectivity index (χ1v) is 6.50. The van der Waals surface area contributed by atoms with E-state index in [2.05, 4.69) is 36.8 Å². The van der Waals surface area contributed by atoms with Gasteiger partial charge in [0.1, 0.15) is 5.75 Å². The van der Waals surface area contributed by atoms with Crippen LogP contribution in [0.15, 0.2) is 39.4 Å². The molecule has 0 unspecified atom stereocenters. The maximum absolute atomic E-state index is 5.75. The van der Waals surface area contributed by atoms with Gasteiger partial charge in [-0.2, -0.15) is 0 Å². The molecule has 2 rings (SSSR count). The number of hydrogen-bond acceptors (Lipinski definition) is 3. The fourth-order valence-corrected chi connectivity index (χ4v) is 2.37. The van der Waals surface area contributed by atoms with Crippen LogP contribution in [0.5, 0.6) is 11.6 Å². The molecule has 88 valence electrons. The topological polar surface area (TPSA) is 48.1 Å². The van der Waals surface area contributed by atoms with Crippen molar-refractivity contribution in [3.63, 3.8) is 0 Å². The van der Waals surface area contributed by atoms with Gasteiger partial charge in [-0.25, -0.2) is 4.98 Å². The second-order valence-electron chi connectivity index (χ2n) is 3.56. The SMILES string of the molecule is Cc1cc(Oc2ncc(Br)cc2Br)ccc1N. The molecule has 1 aromatic heterocycles. The van der Waals surface area contributed by atoms with Gasteiger partial charge in [-0.3, -0.25) is 0 Å². The average molecular weight is 358 g/mol. The fourth-order valence-electron chi connectivity index (χ4n) is 1.30. The van der Waals surface area contributed by atoms with Crippen molar-refractivity contribution in [2.75, 3.05) is 5.73 Å². The van der Waals surface area contributed by atoms with Crippen molar-refractivity contribution in [2.45, 2.75) is 6.92 Å². The summed E-state index contributed by atoms with van der Waals surface area (Å²) in [7, 11) is 0. The lowest BCUT2D eigenvalue weighted by Crippen LogP contribution is -1.92. The predicted molar refractivity (Wildman–Crippen MR) is 75.3 cm³/mol. The van der Waals surface area contributed by atoms with E-state index in [4.69, 9.17) is 10.5 Å². The number of aryl methyl sites for hydroxylation is 1. The molecule has 0 spiro atoms. The van der Waals surface area contributed by atoms with Crippen LogP contribution >= 0.6 is 31.9 Å². The Bertz CT molecular complexity index is 558. The van der Waals surface area contributed by atoms with Crippen molar-refractivity contribution in [3.05, 3.63) is 45.0 Å². The number of benzene rings is 1. The molecule has 0 aliphatic carbocycles. The van der Waals surface area contributed by atoms with Gasteiger partial charge in [-0.15, -0.1) is 0 Å². The van der Waals surface area contributed by atoms with Crippen molar-refractivity contribution < 1.29 is 4.74 Å². The smallest absolute Gasteiger partial charge is 0.233 e. The highest BCUT2D eigenvalue weighted by Crippen LogP contribution is 2.30. The number of nitrogens with two attached hydrogens (primary N) is 1. The molecule has 1 aromatic carbocycles. The average Bonchev–Trinajstić information content (AvgIpc) is 2.27. The quantitative estimate of drug-likeness (QED) is 0.815. The summed E-state index contributed by atoms with van der Waals surface area (Å²) in [5.41, 5.74) is 7.48. The van der Waals surface area contributed by atoms with Crippen molar-refractivity contribution in [3.8, 4) is 11.6 Å². The van der Waals surface area contributed by atoms with Gasteiger partial charge in [-0.1, -0.05) is 0 Å². The molecule has 0 aliphatic heterocycles. The van der Waals surface area contributed by atoms with E-state index in [1.807, 2.05) is 31.2 Å². The molecular formula is C12H10Br2N2O. The van der Waals surface area contributed by atoms with E-state index in [1.165, 1.54) is 0 Å². The minimum atomic E-state index is 0.525. The Morgan fingerprint density at radius 2 is 2.00 bits per heavy atom. The van der Waals surface area contributed by atoms with Crippen LogP contribution in [0.4, 0.5) is 5.69 Å². The van der Waals surface area contributed by atoms with Crippen LogP contribution < -0.4 is 10.5 Å². The van der Waals surface area contributed by atoms with Crippen LogP contribution in [0.1, 0.15) is 5.56 Å². The van der Waals surface area contributed by atoms with Gasteiger partial charge in [-0.05, 0) is 68.6 Å². The van der Waals surface area contributed by atoms with Gasteiger partial charge >= 0.3 is 0 Å². The first kappa shape index (κ1) is 12.4. The van der Waals surface area contributed by atoms with Gasteiger partial charge < -0.3 is 10.5 Å². The number of anilines is 1. The lowest BCUT2D eigenvalue weighted by Gasteiger charge is -2.08. The van der Waals surface area contributed by atoms with Gasteiger partial charge in [0, 0.05) is 16.4 Å². The number of pyridine rings is 1. The van der Waals surface area contributed by atoms with Crippen molar-refractivity contribution >= 4 is 37.5 Å². The second-order valence-corrected chi connectivity index (χ2v) is 5.33. The standard InChI is InChI=1S/C12H10Br2N2O/c1-7-4-9(2-3-11(7)15)17-12-10(14)5-8(13)6-16-12/h2-6H,15H2,1H3. The normalized spacial score (nSPS) is 10.3. The number of rotatable bonds is 2. The van der Waals surface area contributed by atoms with Crippen LogP contribution in [-0.4, -0.2) is 4.98 Å². The van der Waals surface area contributed by atoms with Gasteiger partial charge in [0.2, 0.25) is 5.88 Å². The van der Waals surface area contributed by atoms with Gasteiger partial charge in [0.05, 0.1) is 4.47 Å². The van der Waals surface area contributed by atoms with Crippen molar-refractivity contribution in [1.29, 1.82) is 0 Å². The third kappa shape index (κ3) is 2.98. The summed E-state index contributed by atoms with van der Waals surface area (Å²) in [6.45, 7) is 1.94. The number of halogens is 2. The lowest BCUT2D eigenvalue weighted by molar-refractivity contribution is 0.459. The third-order valence-electron chi connectivity index (χ3n) is 2.23. The first-order valence-electron chi connectivity index (χ1n) is 4.91. The first-order chi connectivity index (χ1) is 8.06. The molecule has 3 nitrogen and oxygen atoms in total. The molecule has 0 fully saturated rings. The van der Waals surface area contributed by atoms with Gasteiger partial charge in [0.25, 0.3) is 0 Å². The highest BCUT2D eigenvalue weighted by atomic mass is 79.9. The highest BCUT2D eigenvalue weighted by Gasteiger charge is 2.06. The molecule has 1 heterocycles. The number of ether oxygens (including phenoxy) is 1. The summed E-state index contributed by atoms with van der Waals surface area (Å²) in [4.78, 5) is 4.18. The number of hydrogen-bond donors (Lipinski definition) is 1. The van der Waals surface area contributed by atoms with E-state index in [9.17, 15) is 0 Å². The molecule has 0 bridgehead atoms. The zero-order valence-corrected chi connectivity index (χ0v) is 12.2. The minimum Gasteiger partial charge on any atom is -0.438 e. The third-order valence-corrected chi connectivity index (χ3v) is 3.23. The molecular weight excluding hydrogens is 348 g/mol. The largest absolute Gasteiger partial charge is 0.438 e. The Hall–Kier alpha value is -1.07. The van der Waals surface area contributed by atoms with Crippen LogP contribution in [0.25, 0.3) is 0 Å².